The number of nitrogen functional groups attached to an aromatic ring is 1. The van der Waals surface area contributed by atoms with E-state index in [0.717, 1.165) is 37.2 Å². The number of alkyl halides is 6. The maximum Gasteiger partial charge on any atom is 0.418 e. The van der Waals surface area contributed by atoms with Gasteiger partial charge in [-0.1, -0.05) is 0 Å². The number of piperidine rings is 3. The first-order valence-electron chi connectivity index (χ1n) is 16.8. The fraction of sp³-hybridized carbons (Fsp3) is 0.606. The van der Waals surface area contributed by atoms with E-state index >= 15 is 0 Å². The van der Waals surface area contributed by atoms with Crippen LogP contribution in [0.3, 0.4) is 0 Å². The van der Waals surface area contributed by atoms with Crippen molar-refractivity contribution in [2.24, 2.45) is 11.8 Å². The van der Waals surface area contributed by atoms with Crippen LogP contribution in [-0.2, 0) is 34.8 Å². The lowest BCUT2D eigenvalue weighted by Crippen LogP contribution is -2.52. The molecule has 1 aromatic carbocycles. The molecule has 274 valence electrons. The van der Waals surface area contributed by atoms with E-state index in [2.05, 4.69) is 10.6 Å². The Labute approximate surface area is 289 Å². The van der Waals surface area contributed by atoms with Crippen LogP contribution in [0.4, 0.5) is 47.3 Å². The Morgan fingerprint density at radius 3 is 2.06 bits per heavy atom. The molecule has 2 aromatic rings. The normalized spacial score (nSPS) is 20.8. The predicted octanol–water partition coefficient (Wildman–Crippen LogP) is 6.17. The molecule has 0 radical (unpaired) electrons. The summed E-state index contributed by atoms with van der Waals surface area (Å²) in [5, 5.41) is 10.0. The SMILES string of the molecule is Nc1c(C(F)(F)F)cc(C[C@@H](OC(=O)N2CCC(N3Cc4cscc4NC3=O)CC2)C(=O)N2CCC(C3CCNCC3)CC2)cc1C(F)(F)F. The van der Waals surface area contributed by atoms with Crippen LogP contribution in [0.15, 0.2) is 22.9 Å². The number of hydrogen-bond acceptors (Lipinski definition) is 7. The number of nitrogens with two attached hydrogens (primary N) is 1. The number of anilines is 2. The van der Waals surface area contributed by atoms with Crippen LogP contribution < -0.4 is 16.4 Å². The van der Waals surface area contributed by atoms with Gasteiger partial charge in [-0.05, 0) is 86.5 Å². The van der Waals surface area contributed by atoms with E-state index in [9.17, 15) is 40.7 Å². The number of likely N-dealkylation sites (tertiary alicyclic amines) is 2. The molecule has 0 aliphatic carbocycles. The lowest BCUT2D eigenvalue weighted by molar-refractivity contribution is -0.142. The molecule has 4 amide bonds. The average molecular weight is 731 g/mol. The lowest BCUT2D eigenvalue weighted by Gasteiger charge is -2.40. The zero-order chi connectivity index (χ0) is 35.8. The van der Waals surface area contributed by atoms with Crippen molar-refractivity contribution in [3.63, 3.8) is 0 Å². The van der Waals surface area contributed by atoms with Crippen molar-refractivity contribution >= 4 is 40.7 Å². The van der Waals surface area contributed by atoms with Gasteiger partial charge in [0.15, 0.2) is 6.10 Å². The number of thiophene rings is 1. The average Bonchev–Trinajstić information content (AvgIpc) is 3.54. The van der Waals surface area contributed by atoms with Crippen LogP contribution in [-0.4, -0.2) is 84.1 Å². The van der Waals surface area contributed by atoms with Gasteiger partial charge in [0.05, 0.1) is 29.0 Å². The monoisotopic (exact) mass is 730 g/mol. The molecule has 4 aliphatic heterocycles. The highest BCUT2D eigenvalue weighted by Gasteiger charge is 2.42. The molecule has 1 atom stereocenters. The topological polar surface area (TPSA) is 120 Å². The molecule has 6 rings (SSSR count). The van der Waals surface area contributed by atoms with E-state index < -0.39 is 59.3 Å². The molecule has 10 nitrogen and oxygen atoms in total. The number of nitrogens with one attached hydrogen (secondary N) is 2. The van der Waals surface area contributed by atoms with Crippen molar-refractivity contribution in [1.29, 1.82) is 0 Å². The number of benzene rings is 1. The van der Waals surface area contributed by atoms with Gasteiger partial charge in [0.25, 0.3) is 5.91 Å². The van der Waals surface area contributed by atoms with Crippen LogP contribution >= 0.6 is 11.3 Å². The van der Waals surface area contributed by atoms with E-state index in [1.54, 1.807) is 4.90 Å². The van der Waals surface area contributed by atoms with Crippen molar-refractivity contribution in [2.45, 2.75) is 76.0 Å². The Morgan fingerprint density at radius 2 is 1.46 bits per heavy atom. The molecular weight excluding hydrogens is 690 g/mol. The molecule has 5 heterocycles. The number of hydrogen-bond donors (Lipinski definition) is 3. The Hall–Kier alpha value is -3.73. The summed E-state index contributed by atoms with van der Waals surface area (Å²) < 4.78 is 88.6. The highest BCUT2D eigenvalue weighted by molar-refractivity contribution is 7.08. The van der Waals surface area contributed by atoms with Crippen molar-refractivity contribution in [2.75, 3.05) is 50.3 Å². The van der Waals surface area contributed by atoms with Gasteiger partial charge in [0.2, 0.25) is 0 Å². The lowest BCUT2D eigenvalue weighted by atomic mass is 9.79. The minimum atomic E-state index is -5.20. The molecule has 4 aliphatic rings. The third-order valence-electron chi connectivity index (χ3n) is 10.4. The summed E-state index contributed by atoms with van der Waals surface area (Å²) in [5.74, 6) is 0.217. The van der Waals surface area contributed by atoms with Crippen LogP contribution in [0.5, 0.6) is 0 Å². The summed E-state index contributed by atoms with van der Waals surface area (Å²) in [5.41, 5.74) is 1.79. The fourth-order valence-corrected chi connectivity index (χ4v) is 8.43. The molecule has 1 aromatic heterocycles. The first-order valence-corrected chi connectivity index (χ1v) is 17.8. The predicted molar refractivity (Wildman–Crippen MR) is 173 cm³/mol. The summed E-state index contributed by atoms with van der Waals surface area (Å²) in [4.78, 5) is 44.7. The van der Waals surface area contributed by atoms with E-state index in [0.29, 0.717) is 69.3 Å². The molecule has 17 heteroatoms. The number of carbonyl (C=O) groups is 3. The first-order chi connectivity index (χ1) is 23.7. The summed E-state index contributed by atoms with van der Waals surface area (Å²) in [6.45, 7) is 3.27. The second kappa shape index (κ2) is 14.5. The molecule has 0 bridgehead atoms. The summed E-state index contributed by atoms with van der Waals surface area (Å²) in [6, 6.07) is 0.542. The maximum absolute atomic E-state index is 13.9. The molecule has 0 spiro atoms. The quantitative estimate of drug-likeness (QED) is 0.242. The molecule has 0 saturated carbocycles. The van der Waals surface area contributed by atoms with E-state index in [1.165, 1.54) is 21.1 Å². The molecule has 4 N–H and O–H groups in total. The van der Waals surface area contributed by atoms with Gasteiger partial charge in [0.1, 0.15) is 0 Å². The van der Waals surface area contributed by atoms with Crippen molar-refractivity contribution in [3.05, 3.63) is 45.1 Å². The molecule has 3 fully saturated rings. The Kier molecular flexibility index (Phi) is 10.4. The maximum atomic E-state index is 13.9. The van der Waals surface area contributed by atoms with Gasteiger partial charge >= 0.3 is 24.5 Å². The van der Waals surface area contributed by atoms with Crippen LogP contribution in [0.25, 0.3) is 0 Å². The van der Waals surface area contributed by atoms with Crippen LogP contribution in [0.2, 0.25) is 0 Å². The van der Waals surface area contributed by atoms with Crippen LogP contribution in [0.1, 0.15) is 60.8 Å². The van der Waals surface area contributed by atoms with E-state index in [1.807, 2.05) is 10.8 Å². The van der Waals surface area contributed by atoms with Crippen molar-refractivity contribution in [1.82, 2.24) is 20.0 Å². The minimum Gasteiger partial charge on any atom is -0.436 e. The number of urea groups is 1. The first kappa shape index (κ1) is 36.1. The summed E-state index contributed by atoms with van der Waals surface area (Å²) >= 11 is 1.48. The largest absolute Gasteiger partial charge is 0.436 e. The van der Waals surface area contributed by atoms with Gasteiger partial charge in [0, 0.05) is 49.6 Å². The Balaban J connectivity index is 1.18. The Morgan fingerprint density at radius 1 is 0.880 bits per heavy atom. The number of rotatable bonds is 6. The highest BCUT2D eigenvalue weighted by Crippen LogP contribution is 2.42. The smallest absolute Gasteiger partial charge is 0.418 e. The second-order valence-corrected chi connectivity index (χ2v) is 14.3. The van der Waals surface area contributed by atoms with Crippen LogP contribution in [0, 0.1) is 11.8 Å². The summed E-state index contributed by atoms with van der Waals surface area (Å²) in [7, 11) is 0. The van der Waals surface area contributed by atoms with Crippen molar-refractivity contribution < 1.29 is 45.5 Å². The number of carbonyl (C=O) groups excluding carboxylic acids is 3. The zero-order valence-electron chi connectivity index (χ0n) is 27.2. The molecular formula is C33H40F6N6O4S. The third kappa shape index (κ3) is 7.92. The number of ether oxygens (including phenoxy) is 1. The number of nitrogens with zero attached hydrogens (tertiary/aromatic N) is 3. The standard InChI is InChI=1S/C33H40F6N6O4S/c34-32(35,36)24-13-19(14-25(28(24)40)33(37,38)39)15-27(29(46)43-9-3-21(4-10-43)20-1-7-41-8-2-20)49-31(48)44-11-5-23(6-12-44)45-16-22-17-50-18-26(22)42-30(45)47/h13-14,17-18,20-21,23,27,41H,1-12,15-16,40H2,(H,42,47)/t27-/m1/s1. The third-order valence-corrected chi connectivity index (χ3v) is 11.2. The number of amides is 4. The second-order valence-electron chi connectivity index (χ2n) is 13.5. The number of halogens is 6. The summed E-state index contributed by atoms with van der Waals surface area (Å²) in [6.07, 6.45) is -9.44. The fourth-order valence-electron chi connectivity index (χ4n) is 7.65. The van der Waals surface area contributed by atoms with Gasteiger partial charge in [-0.25, -0.2) is 9.59 Å². The molecule has 50 heavy (non-hydrogen) atoms. The highest BCUT2D eigenvalue weighted by atomic mass is 32.1. The molecule has 0 unspecified atom stereocenters. The van der Waals surface area contributed by atoms with E-state index in [-0.39, 0.29) is 25.2 Å². The van der Waals surface area contributed by atoms with E-state index in [4.69, 9.17) is 10.5 Å². The van der Waals surface area contributed by atoms with Gasteiger partial charge < -0.3 is 35.8 Å². The zero-order valence-corrected chi connectivity index (χ0v) is 28.1. The van der Waals surface area contributed by atoms with Gasteiger partial charge in [-0.3, -0.25) is 4.79 Å². The van der Waals surface area contributed by atoms with Gasteiger partial charge in [-0.15, -0.1) is 11.3 Å². The number of fused-ring (bicyclic) bond motifs is 1. The minimum absolute atomic E-state index is 0.171. The van der Waals surface area contributed by atoms with Gasteiger partial charge in [-0.2, -0.15) is 26.3 Å². The van der Waals surface area contributed by atoms with Crippen molar-refractivity contribution in [3.8, 4) is 0 Å². The molecule has 3 saturated heterocycles. The Bertz CT molecular complexity index is 1530.